The van der Waals surface area contributed by atoms with Gasteiger partial charge >= 0.3 is 0 Å². The summed E-state index contributed by atoms with van der Waals surface area (Å²) in [5.74, 6) is -0.0975. The minimum absolute atomic E-state index is 0.0342. The zero-order chi connectivity index (χ0) is 17.9. The van der Waals surface area contributed by atoms with Crippen LogP contribution < -0.4 is 10.2 Å². The first-order valence-corrected chi connectivity index (χ1v) is 9.30. The zero-order valence-electron chi connectivity index (χ0n) is 13.8. The molecule has 0 fully saturated rings. The number of carbonyl (C=O) groups excluding carboxylic acids is 1. The Labute approximate surface area is 158 Å². The molecule has 0 saturated carbocycles. The lowest BCUT2D eigenvalue weighted by Crippen LogP contribution is -2.55. The number of hydrogen-bond acceptors (Lipinski definition) is 3. The van der Waals surface area contributed by atoms with Crippen molar-refractivity contribution < 1.29 is 4.79 Å². The average Bonchev–Trinajstić information content (AvgIpc) is 3.14. The van der Waals surface area contributed by atoms with Crippen LogP contribution in [0.1, 0.15) is 16.8 Å². The third-order valence-corrected chi connectivity index (χ3v) is 5.90. The van der Waals surface area contributed by atoms with Gasteiger partial charge in [-0.25, -0.2) is 0 Å². The molecule has 0 bridgehead atoms. The van der Waals surface area contributed by atoms with E-state index in [0.717, 1.165) is 38.7 Å². The predicted molar refractivity (Wildman–Crippen MR) is 103 cm³/mol. The third kappa shape index (κ3) is 1.84. The average molecular weight is 407 g/mol. The summed E-state index contributed by atoms with van der Waals surface area (Å²) in [4.78, 5) is 18.6. The van der Waals surface area contributed by atoms with Crippen molar-refractivity contribution in [1.82, 2.24) is 10.3 Å². The van der Waals surface area contributed by atoms with Crippen molar-refractivity contribution in [3.05, 3.63) is 63.8 Å². The molecule has 0 saturated heterocycles. The molecule has 0 radical (unpaired) electrons. The first-order valence-electron chi connectivity index (χ1n) is 8.51. The minimum atomic E-state index is -0.970. The van der Waals surface area contributed by atoms with E-state index in [2.05, 4.69) is 38.4 Å². The molecular weight excluding hydrogens is 392 g/mol. The van der Waals surface area contributed by atoms with Gasteiger partial charge in [0.25, 0.3) is 5.91 Å². The van der Waals surface area contributed by atoms with Crippen molar-refractivity contribution in [3.63, 3.8) is 0 Å². The van der Waals surface area contributed by atoms with Crippen molar-refractivity contribution in [2.24, 2.45) is 0 Å². The molecule has 0 unspecified atom stereocenters. The van der Waals surface area contributed by atoms with Gasteiger partial charge < -0.3 is 4.98 Å². The second-order valence-corrected chi connectivity index (χ2v) is 7.58. The molecular formula is C20H15BrN4O. The maximum atomic E-state index is 13.6. The number of nitrogens with zero attached hydrogens (tertiary/aromatic N) is 2. The van der Waals surface area contributed by atoms with Crippen LogP contribution in [0.15, 0.2) is 46.9 Å². The monoisotopic (exact) mass is 406 g/mol. The number of halogens is 1. The number of H-pyrrole nitrogens is 1. The number of amides is 1. The fourth-order valence-electron chi connectivity index (χ4n) is 4.35. The maximum absolute atomic E-state index is 13.6. The van der Waals surface area contributed by atoms with Gasteiger partial charge in [0.05, 0.1) is 17.5 Å². The number of para-hydroxylation sites is 1. The molecule has 6 heteroatoms. The number of carbonyl (C=O) groups is 1. The molecule has 5 nitrogen and oxygen atoms in total. The second kappa shape index (κ2) is 5.44. The van der Waals surface area contributed by atoms with E-state index in [1.165, 1.54) is 5.56 Å². The summed E-state index contributed by atoms with van der Waals surface area (Å²) in [5, 5.41) is 13.9. The first-order chi connectivity index (χ1) is 12.7. The van der Waals surface area contributed by atoms with Crippen molar-refractivity contribution in [2.45, 2.75) is 12.0 Å². The molecule has 5 rings (SSSR count). The summed E-state index contributed by atoms with van der Waals surface area (Å²) in [7, 11) is 0. The second-order valence-electron chi connectivity index (χ2n) is 6.66. The Morgan fingerprint density at radius 1 is 1.27 bits per heavy atom. The third-order valence-electron chi connectivity index (χ3n) is 5.40. The molecule has 128 valence electrons. The molecule has 3 aromatic rings. The van der Waals surface area contributed by atoms with Crippen molar-refractivity contribution in [1.29, 1.82) is 5.26 Å². The Bertz CT molecular complexity index is 1110. The number of nitrogens with one attached hydrogen (secondary N) is 2. The Morgan fingerprint density at radius 3 is 2.96 bits per heavy atom. The van der Waals surface area contributed by atoms with Gasteiger partial charge in [0.15, 0.2) is 5.54 Å². The molecule has 2 aromatic carbocycles. The van der Waals surface area contributed by atoms with Gasteiger partial charge in [0, 0.05) is 27.5 Å². The minimum Gasteiger partial charge on any atom is -0.356 e. The van der Waals surface area contributed by atoms with E-state index >= 15 is 0 Å². The van der Waals surface area contributed by atoms with Crippen molar-refractivity contribution >= 4 is 38.4 Å². The normalized spacial score (nSPS) is 21.1. The van der Waals surface area contributed by atoms with Crippen LogP contribution in [0.2, 0.25) is 0 Å². The van der Waals surface area contributed by atoms with Crippen molar-refractivity contribution in [3.8, 4) is 6.07 Å². The number of benzene rings is 2. The van der Waals surface area contributed by atoms with Crippen LogP contribution in [0.3, 0.4) is 0 Å². The van der Waals surface area contributed by atoms with Crippen molar-refractivity contribution in [2.75, 3.05) is 18.0 Å². The van der Waals surface area contributed by atoms with Crippen LogP contribution >= 0.6 is 15.9 Å². The first kappa shape index (κ1) is 15.6. The standard InChI is InChI=1S/C20H15BrN4O/c21-12-5-6-17-15(11-12)20(19(26)25(17)10-8-22)18-14(7-9-23-20)13-3-1-2-4-16(13)24-18/h1-6,11,23-24H,7,9-10H2/t20-/m1/s1. The molecule has 2 aliphatic rings. The van der Waals surface area contributed by atoms with E-state index in [0.29, 0.717) is 6.54 Å². The fourth-order valence-corrected chi connectivity index (χ4v) is 4.72. The SMILES string of the molecule is N#CCN1C(=O)[C@@]2(NCCc3c2[nH]c2ccccc32)c2cc(Br)ccc21. The van der Waals surface area contributed by atoms with E-state index < -0.39 is 5.54 Å². The van der Waals surface area contributed by atoms with Crippen LogP contribution in [0.5, 0.6) is 0 Å². The van der Waals surface area contributed by atoms with Gasteiger partial charge in [0.1, 0.15) is 6.54 Å². The number of fused-ring (bicyclic) bond motifs is 6. The van der Waals surface area contributed by atoms with Gasteiger partial charge in [-0.15, -0.1) is 0 Å². The summed E-state index contributed by atoms with van der Waals surface area (Å²) in [6.45, 7) is 0.736. The lowest BCUT2D eigenvalue weighted by molar-refractivity contribution is -0.123. The topological polar surface area (TPSA) is 71.9 Å². The Hall–Kier alpha value is -2.62. The number of rotatable bonds is 1. The van der Waals surface area contributed by atoms with Gasteiger partial charge in [-0.1, -0.05) is 34.1 Å². The summed E-state index contributed by atoms with van der Waals surface area (Å²) in [6, 6.07) is 16.1. The predicted octanol–water partition coefficient (Wildman–Crippen LogP) is 3.19. The van der Waals surface area contributed by atoms with Gasteiger partial charge in [-0.2, -0.15) is 5.26 Å². The highest BCUT2D eigenvalue weighted by Gasteiger charge is 2.55. The maximum Gasteiger partial charge on any atom is 0.259 e. The lowest BCUT2D eigenvalue weighted by Gasteiger charge is -2.34. The molecule has 1 spiro atoms. The summed E-state index contributed by atoms with van der Waals surface area (Å²) >= 11 is 3.54. The van der Waals surface area contributed by atoms with Gasteiger partial charge in [-0.05, 0) is 36.2 Å². The Kier molecular flexibility index (Phi) is 3.27. The van der Waals surface area contributed by atoms with Crippen LogP contribution in [0, 0.1) is 11.3 Å². The highest BCUT2D eigenvalue weighted by atomic mass is 79.9. The molecule has 26 heavy (non-hydrogen) atoms. The van der Waals surface area contributed by atoms with E-state index in [1.54, 1.807) is 4.90 Å². The van der Waals surface area contributed by atoms with E-state index in [4.69, 9.17) is 0 Å². The van der Waals surface area contributed by atoms with Gasteiger partial charge in [-0.3, -0.25) is 15.0 Å². The Balaban J connectivity index is 1.85. The number of hydrogen-bond donors (Lipinski definition) is 2. The summed E-state index contributed by atoms with van der Waals surface area (Å²) in [5.41, 5.74) is 3.82. The van der Waals surface area contributed by atoms with E-state index in [9.17, 15) is 10.1 Å². The number of aromatic nitrogens is 1. The molecule has 0 aliphatic carbocycles. The van der Waals surface area contributed by atoms with E-state index in [1.807, 2.05) is 36.4 Å². The summed E-state index contributed by atoms with van der Waals surface area (Å²) in [6.07, 6.45) is 0.857. The van der Waals surface area contributed by atoms with Crippen LogP contribution in [-0.4, -0.2) is 24.0 Å². The molecule has 3 heterocycles. The number of aromatic amines is 1. The number of anilines is 1. The molecule has 1 amide bonds. The molecule has 1 aromatic heterocycles. The molecule has 1 atom stereocenters. The van der Waals surface area contributed by atoms with Crippen LogP contribution in [0.25, 0.3) is 10.9 Å². The highest BCUT2D eigenvalue weighted by Crippen LogP contribution is 2.48. The quantitative estimate of drug-likeness (QED) is 0.609. The molecule has 2 aliphatic heterocycles. The summed E-state index contributed by atoms with van der Waals surface area (Å²) < 4.78 is 0.910. The Morgan fingerprint density at radius 2 is 2.12 bits per heavy atom. The zero-order valence-corrected chi connectivity index (χ0v) is 15.4. The largest absolute Gasteiger partial charge is 0.356 e. The smallest absolute Gasteiger partial charge is 0.259 e. The van der Waals surface area contributed by atoms with Crippen LogP contribution in [-0.2, 0) is 16.8 Å². The van der Waals surface area contributed by atoms with E-state index in [-0.39, 0.29) is 12.5 Å². The van der Waals surface area contributed by atoms with Gasteiger partial charge in [0.2, 0.25) is 0 Å². The highest BCUT2D eigenvalue weighted by molar-refractivity contribution is 9.10. The fraction of sp³-hybridized carbons (Fsp3) is 0.200. The lowest BCUT2D eigenvalue weighted by atomic mass is 9.82. The number of nitriles is 1. The van der Waals surface area contributed by atoms with Crippen LogP contribution in [0.4, 0.5) is 5.69 Å². The molecule has 2 N–H and O–H groups in total.